The maximum atomic E-state index is 12.6. The van der Waals surface area contributed by atoms with Gasteiger partial charge in [0.1, 0.15) is 0 Å². The smallest absolute Gasteiger partial charge is 0.217 e. The highest BCUT2D eigenvalue weighted by Gasteiger charge is 2.28. The number of thioether (sulfide) groups is 1. The molecule has 2 aromatic carbocycles. The Balaban J connectivity index is 2.37. The number of phenolic OH excluding ortho intramolecular Hbond substituents is 2. The molecule has 1 aliphatic carbocycles. The molecule has 0 heterocycles. The van der Waals surface area contributed by atoms with Gasteiger partial charge in [-0.2, -0.15) is 0 Å². The maximum absolute atomic E-state index is 12.6. The van der Waals surface area contributed by atoms with Gasteiger partial charge in [0, 0.05) is 12.5 Å². The zero-order chi connectivity index (χ0) is 19.7. The molecule has 0 aromatic heterocycles. The van der Waals surface area contributed by atoms with E-state index in [1.54, 1.807) is 18.2 Å². The van der Waals surface area contributed by atoms with Crippen LogP contribution in [0.3, 0.4) is 0 Å². The number of fused-ring (bicyclic) bond motifs is 3. The molecular weight excluding hydrogens is 366 g/mol. The number of nitrogens with one attached hydrogen (secondary N) is 1. The lowest BCUT2D eigenvalue weighted by Gasteiger charge is -2.17. The Morgan fingerprint density at radius 3 is 2.63 bits per heavy atom. The van der Waals surface area contributed by atoms with Crippen molar-refractivity contribution in [3.8, 4) is 28.4 Å². The first kappa shape index (κ1) is 19.1. The first-order valence-electron chi connectivity index (χ1n) is 8.48. The molecule has 1 aliphatic rings. The van der Waals surface area contributed by atoms with E-state index in [0.717, 1.165) is 5.56 Å². The normalized spacial score (nSPS) is 15.3. The third kappa shape index (κ3) is 3.47. The first-order valence-corrected chi connectivity index (χ1v) is 9.71. The van der Waals surface area contributed by atoms with Crippen molar-refractivity contribution in [1.82, 2.24) is 5.32 Å². The van der Waals surface area contributed by atoms with E-state index >= 15 is 0 Å². The second-order valence-electron chi connectivity index (χ2n) is 6.38. The highest BCUT2D eigenvalue weighted by molar-refractivity contribution is 7.98. The van der Waals surface area contributed by atoms with Crippen LogP contribution >= 0.6 is 11.8 Å². The van der Waals surface area contributed by atoms with Crippen LogP contribution in [0.15, 0.2) is 34.0 Å². The molecule has 0 fully saturated rings. The van der Waals surface area contributed by atoms with Crippen molar-refractivity contribution in [2.75, 3.05) is 13.4 Å². The lowest BCUT2D eigenvalue weighted by molar-refractivity contribution is -0.119. The van der Waals surface area contributed by atoms with Gasteiger partial charge in [-0.05, 0) is 54.0 Å². The molecule has 2 aromatic rings. The Morgan fingerprint density at radius 2 is 2.00 bits per heavy atom. The van der Waals surface area contributed by atoms with E-state index in [-0.39, 0.29) is 34.6 Å². The molecule has 0 bridgehead atoms. The lowest BCUT2D eigenvalue weighted by Crippen LogP contribution is -2.26. The topological polar surface area (TPSA) is 95.9 Å². The van der Waals surface area contributed by atoms with Gasteiger partial charge in [0.15, 0.2) is 16.9 Å². The summed E-state index contributed by atoms with van der Waals surface area (Å²) >= 11 is 1.33. The summed E-state index contributed by atoms with van der Waals surface area (Å²) in [4.78, 5) is 24.8. The van der Waals surface area contributed by atoms with Crippen LogP contribution in [0.25, 0.3) is 11.1 Å². The molecule has 0 spiro atoms. The maximum Gasteiger partial charge on any atom is 0.217 e. The third-order valence-electron chi connectivity index (χ3n) is 4.73. The van der Waals surface area contributed by atoms with Crippen molar-refractivity contribution in [1.29, 1.82) is 0 Å². The third-order valence-corrected chi connectivity index (χ3v) is 5.50. The fourth-order valence-electron chi connectivity index (χ4n) is 3.50. The number of aryl methyl sites for hydroxylation is 1. The Labute approximate surface area is 161 Å². The molecule has 7 heteroatoms. The van der Waals surface area contributed by atoms with Crippen LogP contribution in [-0.4, -0.2) is 29.5 Å². The first-order chi connectivity index (χ1) is 12.9. The fourth-order valence-corrected chi connectivity index (χ4v) is 3.97. The van der Waals surface area contributed by atoms with E-state index in [9.17, 15) is 19.8 Å². The zero-order valence-corrected chi connectivity index (χ0v) is 16.1. The number of phenols is 2. The van der Waals surface area contributed by atoms with Crippen molar-refractivity contribution in [2.45, 2.75) is 30.7 Å². The van der Waals surface area contributed by atoms with E-state index in [1.165, 1.54) is 31.9 Å². The average molecular weight is 387 g/mol. The van der Waals surface area contributed by atoms with Gasteiger partial charge in [-0.15, -0.1) is 11.8 Å². The number of aromatic hydroxyl groups is 2. The van der Waals surface area contributed by atoms with Crippen LogP contribution < -0.4 is 15.5 Å². The molecule has 27 heavy (non-hydrogen) atoms. The quantitative estimate of drug-likeness (QED) is 0.554. The molecule has 1 atom stereocenters. The van der Waals surface area contributed by atoms with E-state index in [4.69, 9.17) is 4.74 Å². The van der Waals surface area contributed by atoms with Crippen molar-refractivity contribution in [2.24, 2.45) is 0 Å². The highest BCUT2D eigenvalue weighted by Crippen LogP contribution is 2.49. The summed E-state index contributed by atoms with van der Waals surface area (Å²) in [6.45, 7) is 1.43. The molecule has 142 valence electrons. The van der Waals surface area contributed by atoms with Gasteiger partial charge >= 0.3 is 0 Å². The van der Waals surface area contributed by atoms with Gasteiger partial charge in [0.05, 0.1) is 18.0 Å². The van der Waals surface area contributed by atoms with Gasteiger partial charge in [-0.25, -0.2) is 0 Å². The van der Waals surface area contributed by atoms with Crippen molar-refractivity contribution in [3.63, 3.8) is 0 Å². The standard InChI is InChI=1S/C20H21NO5S/c1-10(22)21-14-6-4-11-8-16(26-2)19(24)20(25)18(11)12-5-7-17(27-3)15(23)9-13(12)14/h5,7-9,14,24-25H,4,6H2,1-3H3,(H,21,22)/t14-/m0/s1. The minimum Gasteiger partial charge on any atom is -0.504 e. The Morgan fingerprint density at radius 1 is 1.26 bits per heavy atom. The van der Waals surface area contributed by atoms with Crippen molar-refractivity contribution < 1.29 is 19.7 Å². The molecule has 1 amide bonds. The molecule has 0 saturated carbocycles. The Hall–Kier alpha value is -2.67. The summed E-state index contributed by atoms with van der Waals surface area (Å²) < 4.78 is 5.15. The van der Waals surface area contributed by atoms with Gasteiger partial charge in [0.2, 0.25) is 11.7 Å². The highest BCUT2D eigenvalue weighted by atomic mass is 32.2. The monoisotopic (exact) mass is 387 g/mol. The predicted octanol–water partition coefficient (Wildman–Crippen LogP) is 2.98. The number of methoxy groups -OCH3 is 1. The number of benzene rings is 1. The van der Waals surface area contributed by atoms with Crippen LogP contribution in [0.2, 0.25) is 0 Å². The van der Waals surface area contributed by atoms with Gasteiger partial charge in [-0.3, -0.25) is 9.59 Å². The summed E-state index contributed by atoms with van der Waals surface area (Å²) in [6, 6.07) is 6.27. The summed E-state index contributed by atoms with van der Waals surface area (Å²) in [6.07, 6.45) is 2.90. The number of hydrogen-bond donors (Lipinski definition) is 3. The SMILES string of the molecule is COc1cc2c(c(O)c1O)-c1ccc(SC)c(=O)cc1[C@@H](NC(C)=O)CC2. The summed E-state index contributed by atoms with van der Waals surface area (Å²) in [7, 11) is 1.42. The summed E-state index contributed by atoms with van der Waals surface area (Å²) in [5.41, 5.74) is 2.31. The van der Waals surface area contributed by atoms with Crippen LogP contribution in [-0.2, 0) is 11.2 Å². The largest absolute Gasteiger partial charge is 0.504 e. The Kier molecular flexibility index (Phi) is 5.32. The zero-order valence-electron chi connectivity index (χ0n) is 15.3. The molecule has 0 aliphatic heterocycles. The number of ether oxygens (including phenoxy) is 1. The molecule has 0 saturated heterocycles. The minimum atomic E-state index is -0.382. The summed E-state index contributed by atoms with van der Waals surface area (Å²) in [5, 5.41) is 23.9. The van der Waals surface area contributed by atoms with Crippen LogP contribution in [0, 0.1) is 0 Å². The van der Waals surface area contributed by atoms with E-state index in [2.05, 4.69) is 5.32 Å². The Bertz CT molecular complexity index is 973. The number of rotatable bonds is 3. The molecule has 3 rings (SSSR count). The number of hydrogen-bond acceptors (Lipinski definition) is 6. The van der Waals surface area contributed by atoms with Crippen LogP contribution in [0.5, 0.6) is 17.2 Å². The molecule has 3 N–H and O–H groups in total. The molecule has 0 radical (unpaired) electrons. The van der Waals surface area contributed by atoms with Gasteiger partial charge in [-0.1, -0.05) is 6.07 Å². The molecular formula is C20H21NO5S. The minimum absolute atomic E-state index is 0.153. The van der Waals surface area contributed by atoms with Crippen LogP contribution in [0.1, 0.15) is 30.5 Å². The fraction of sp³-hybridized carbons (Fsp3) is 0.300. The molecule has 6 nitrogen and oxygen atoms in total. The van der Waals surface area contributed by atoms with Gasteiger partial charge < -0.3 is 20.3 Å². The average Bonchev–Trinajstić information content (AvgIpc) is 2.87. The number of amides is 1. The molecule has 0 unspecified atom stereocenters. The number of carbonyl (C=O) groups excluding carboxylic acids is 1. The summed E-state index contributed by atoms with van der Waals surface area (Å²) in [5.74, 6) is -0.663. The second-order valence-corrected chi connectivity index (χ2v) is 7.23. The van der Waals surface area contributed by atoms with Crippen molar-refractivity contribution in [3.05, 3.63) is 45.6 Å². The van der Waals surface area contributed by atoms with E-state index < -0.39 is 0 Å². The van der Waals surface area contributed by atoms with E-state index in [1.807, 2.05) is 6.26 Å². The second kappa shape index (κ2) is 7.52. The predicted molar refractivity (Wildman–Crippen MR) is 105 cm³/mol. The number of carbonyl (C=O) groups is 1. The lowest BCUT2D eigenvalue weighted by atomic mass is 9.95. The van der Waals surface area contributed by atoms with Crippen molar-refractivity contribution >= 4 is 17.7 Å². The van der Waals surface area contributed by atoms with Gasteiger partial charge in [0.25, 0.3) is 0 Å². The van der Waals surface area contributed by atoms with Crippen LogP contribution in [0.4, 0.5) is 0 Å². The van der Waals surface area contributed by atoms with E-state index in [0.29, 0.717) is 34.4 Å².